The lowest BCUT2D eigenvalue weighted by molar-refractivity contribution is -0.164. The molecule has 0 bridgehead atoms. The van der Waals surface area contributed by atoms with E-state index < -0.39 is 41.1 Å². The predicted octanol–water partition coefficient (Wildman–Crippen LogP) is 2.85. The molecule has 0 radical (unpaired) electrons. The Morgan fingerprint density at radius 3 is 2.53 bits per heavy atom. The molecule has 8 nitrogen and oxygen atoms in total. The number of unbranched alkanes of at least 4 members (excludes halogenated alkanes) is 2. The molecule has 0 aromatic carbocycles. The predicted molar refractivity (Wildman–Crippen MR) is 135 cm³/mol. The average molecular weight is 503 g/mol. The van der Waals surface area contributed by atoms with E-state index in [9.17, 15) is 19.5 Å². The number of ether oxygens (including phenoxy) is 2. The Balaban J connectivity index is 1.87. The van der Waals surface area contributed by atoms with Crippen LogP contribution < -0.4 is 0 Å². The number of carbonyl (C=O) groups excluding carboxylic acids is 3. The number of aliphatic hydroxyl groups excluding tert-OH is 1. The van der Waals surface area contributed by atoms with Crippen molar-refractivity contribution in [3.63, 3.8) is 0 Å². The van der Waals surface area contributed by atoms with Gasteiger partial charge in [0, 0.05) is 13.1 Å². The maximum Gasteiger partial charge on any atom is 0.313 e. The molecule has 1 spiro atoms. The Hall–Kier alpha value is -2.19. The first kappa shape index (κ1) is 26.9. The maximum atomic E-state index is 14.3. The Labute approximate surface area is 214 Å². The van der Waals surface area contributed by atoms with Crippen LogP contribution in [0.4, 0.5) is 0 Å². The zero-order valence-electron chi connectivity index (χ0n) is 22.2. The molecule has 0 saturated carbocycles. The van der Waals surface area contributed by atoms with E-state index in [4.69, 9.17) is 9.47 Å². The fourth-order valence-corrected chi connectivity index (χ4v) is 6.64. The zero-order chi connectivity index (χ0) is 26.1. The lowest BCUT2D eigenvalue weighted by atomic mass is 9.73. The number of cyclic esters (lactones) is 1. The first-order chi connectivity index (χ1) is 17.3. The van der Waals surface area contributed by atoms with Gasteiger partial charge in [-0.3, -0.25) is 14.4 Å². The van der Waals surface area contributed by atoms with Crippen LogP contribution >= 0.6 is 0 Å². The van der Waals surface area contributed by atoms with E-state index in [1.807, 2.05) is 45.1 Å². The number of aliphatic hydroxyl groups is 1. The molecular weight excluding hydrogens is 460 g/mol. The van der Waals surface area contributed by atoms with E-state index in [1.165, 1.54) is 0 Å². The quantitative estimate of drug-likeness (QED) is 0.296. The highest BCUT2D eigenvalue weighted by atomic mass is 16.6. The van der Waals surface area contributed by atoms with Gasteiger partial charge in [-0.05, 0) is 25.2 Å². The van der Waals surface area contributed by atoms with Crippen molar-refractivity contribution in [1.82, 2.24) is 9.80 Å². The summed E-state index contributed by atoms with van der Waals surface area (Å²) in [5.41, 5.74) is -2.34. The summed E-state index contributed by atoms with van der Waals surface area (Å²) in [4.78, 5) is 45.4. The summed E-state index contributed by atoms with van der Waals surface area (Å²) < 4.78 is 12.5. The van der Waals surface area contributed by atoms with Gasteiger partial charge in [0.1, 0.15) is 23.2 Å². The first-order valence-corrected chi connectivity index (χ1v) is 13.8. The molecule has 2 amide bonds. The van der Waals surface area contributed by atoms with Crippen molar-refractivity contribution < 1.29 is 29.0 Å². The Kier molecular flexibility index (Phi) is 7.95. The van der Waals surface area contributed by atoms with Crippen molar-refractivity contribution in [2.45, 2.75) is 89.5 Å². The molecule has 8 heteroatoms. The van der Waals surface area contributed by atoms with Crippen LogP contribution in [-0.4, -0.2) is 82.3 Å². The molecule has 200 valence electrons. The Morgan fingerprint density at radius 1 is 1.08 bits per heavy atom. The summed E-state index contributed by atoms with van der Waals surface area (Å²) in [5.74, 6) is -2.73. The van der Waals surface area contributed by atoms with Crippen molar-refractivity contribution in [3.05, 3.63) is 24.3 Å². The maximum absolute atomic E-state index is 14.3. The van der Waals surface area contributed by atoms with Gasteiger partial charge in [0.15, 0.2) is 0 Å². The van der Waals surface area contributed by atoms with Crippen molar-refractivity contribution in [3.8, 4) is 0 Å². The molecule has 4 aliphatic heterocycles. The van der Waals surface area contributed by atoms with Gasteiger partial charge in [-0.15, -0.1) is 0 Å². The monoisotopic (exact) mass is 502 g/mol. The van der Waals surface area contributed by atoms with Crippen molar-refractivity contribution in [2.75, 3.05) is 26.3 Å². The smallest absolute Gasteiger partial charge is 0.313 e. The highest BCUT2D eigenvalue weighted by molar-refractivity contribution is 5.99. The van der Waals surface area contributed by atoms with E-state index >= 15 is 0 Å². The van der Waals surface area contributed by atoms with E-state index in [0.717, 1.165) is 25.7 Å². The number of likely N-dealkylation sites (tertiary alicyclic amines) is 1. The van der Waals surface area contributed by atoms with Gasteiger partial charge in [0.25, 0.3) is 0 Å². The van der Waals surface area contributed by atoms with Crippen LogP contribution in [0.15, 0.2) is 24.3 Å². The third kappa shape index (κ3) is 4.10. The summed E-state index contributed by atoms with van der Waals surface area (Å²) in [6.45, 7) is 9.05. The molecule has 4 aliphatic rings. The topological polar surface area (TPSA) is 96.4 Å². The van der Waals surface area contributed by atoms with Crippen molar-refractivity contribution in [2.24, 2.45) is 17.8 Å². The molecule has 7 atom stereocenters. The number of esters is 1. The summed E-state index contributed by atoms with van der Waals surface area (Å²) in [7, 11) is 0. The highest BCUT2D eigenvalue weighted by Crippen LogP contribution is 2.58. The fourth-order valence-electron chi connectivity index (χ4n) is 6.64. The van der Waals surface area contributed by atoms with Crippen LogP contribution in [0.25, 0.3) is 0 Å². The molecule has 0 aliphatic carbocycles. The molecular formula is C28H42N2O6. The van der Waals surface area contributed by atoms with Gasteiger partial charge >= 0.3 is 5.97 Å². The fraction of sp³-hybridized carbons (Fsp3) is 0.750. The minimum absolute atomic E-state index is 0.0384. The number of amides is 2. The van der Waals surface area contributed by atoms with Crippen LogP contribution in [-0.2, 0) is 23.9 Å². The first-order valence-electron chi connectivity index (χ1n) is 13.8. The lowest BCUT2D eigenvalue weighted by Gasteiger charge is -2.42. The molecule has 0 aromatic rings. The largest absolute Gasteiger partial charge is 0.465 e. The summed E-state index contributed by atoms with van der Waals surface area (Å²) in [6, 6.07) is -1.50. The molecule has 4 rings (SSSR count). The number of hydrogen-bond acceptors (Lipinski definition) is 6. The number of hydrogen-bond donors (Lipinski definition) is 1. The third-order valence-corrected chi connectivity index (χ3v) is 8.80. The van der Waals surface area contributed by atoms with Crippen molar-refractivity contribution >= 4 is 17.8 Å². The standard InChI is InChI=1S/C28H42N2O6/c1-5-8-10-15-29-16-12-14-28-21(22-26(34)35-17-11-9-13-27(22,7-3)36-28)24(32)30(23(28)25(29)33)20(18-31)19(4)6-2/h9,12-14,19-23,31H,5-8,10-11,15-18H2,1-4H3/t19-,20-,21-,22-,23?,27+,28-/m0/s1. The van der Waals surface area contributed by atoms with E-state index in [0.29, 0.717) is 25.9 Å². The van der Waals surface area contributed by atoms with Crippen LogP contribution in [0.5, 0.6) is 0 Å². The van der Waals surface area contributed by atoms with Crippen LogP contribution in [0.2, 0.25) is 0 Å². The SMILES string of the molecule is CCCCCN1CC=C[C@]23O[C@]4(CC)C=CCCOC(=O)[C@@H]4[C@H]2C(=O)N([C@@H](CO)[C@@H](C)CC)C3C1=O. The van der Waals surface area contributed by atoms with Crippen LogP contribution in [0.3, 0.4) is 0 Å². The molecule has 0 aromatic heterocycles. The van der Waals surface area contributed by atoms with Crippen LogP contribution in [0.1, 0.15) is 66.2 Å². The van der Waals surface area contributed by atoms with Gasteiger partial charge in [-0.1, -0.05) is 71.3 Å². The van der Waals surface area contributed by atoms with Gasteiger partial charge in [0.2, 0.25) is 11.8 Å². The van der Waals surface area contributed by atoms with Gasteiger partial charge in [-0.25, -0.2) is 0 Å². The molecule has 1 unspecified atom stereocenters. The van der Waals surface area contributed by atoms with Gasteiger partial charge < -0.3 is 24.4 Å². The summed E-state index contributed by atoms with van der Waals surface area (Å²) >= 11 is 0. The van der Waals surface area contributed by atoms with E-state index in [2.05, 4.69) is 6.92 Å². The Bertz CT molecular complexity index is 918. The third-order valence-electron chi connectivity index (χ3n) is 8.80. The van der Waals surface area contributed by atoms with Crippen molar-refractivity contribution in [1.29, 1.82) is 0 Å². The molecule has 1 N–H and O–H groups in total. The minimum atomic E-state index is -1.30. The zero-order valence-corrected chi connectivity index (χ0v) is 22.2. The second-order valence-electron chi connectivity index (χ2n) is 10.8. The number of nitrogens with zero attached hydrogens (tertiary/aromatic N) is 2. The Morgan fingerprint density at radius 2 is 1.86 bits per heavy atom. The second-order valence-corrected chi connectivity index (χ2v) is 10.8. The average Bonchev–Trinajstić information content (AvgIpc) is 3.22. The highest BCUT2D eigenvalue weighted by Gasteiger charge is 2.76. The molecule has 4 heterocycles. The summed E-state index contributed by atoms with van der Waals surface area (Å²) in [5, 5.41) is 10.4. The lowest BCUT2D eigenvalue weighted by Crippen LogP contribution is -2.60. The number of carbonyl (C=O) groups is 3. The molecule has 36 heavy (non-hydrogen) atoms. The second kappa shape index (κ2) is 10.7. The van der Waals surface area contributed by atoms with E-state index in [1.54, 1.807) is 9.80 Å². The minimum Gasteiger partial charge on any atom is -0.465 e. The molecule has 2 fully saturated rings. The molecule has 2 saturated heterocycles. The van der Waals surface area contributed by atoms with E-state index in [-0.39, 0.29) is 30.9 Å². The number of rotatable bonds is 9. The van der Waals surface area contributed by atoms with Gasteiger partial charge in [-0.2, -0.15) is 0 Å². The summed E-state index contributed by atoms with van der Waals surface area (Å²) in [6.07, 6.45) is 12.4. The normalized spacial score (nSPS) is 35.5. The van der Waals surface area contributed by atoms with Gasteiger partial charge in [0.05, 0.1) is 25.2 Å². The number of fused-ring (bicyclic) bond motifs is 2. The van der Waals surface area contributed by atoms with Crippen LogP contribution in [0, 0.1) is 17.8 Å².